The molecule has 0 fully saturated rings. The Balaban J connectivity index is 0.00000625. The third-order valence-electron chi connectivity index (χ3n) is 3.51. The van der Waals surface area contributed by atoms with Gasteiger partial charge in [0.05, 0.1) is 18.7 Å². The fraction of sp³-hybridized carbons (Fsp3) is 0.588. The van der Waals surface area contributed by atoms with Crippen molar-refractivity contribution in [1.82, 2.24) is 15.5 Å². The van der Waals surface area contributed by atoms with Gasteiger partial charge in [0.2, 0.25) is 0 Å². The van der Waals surface area contributed by atoms with Crippen LogP contribution in [0.5, 0.6) is 0 Å². The lowest BCUT2D eigenvalue weighted by Gasteiger charge is -2.17. The lowest BCUT2D eigenvalue weighted by molar-refractivity contribution is -0.137. The molecule has 0 radical (unpaired) electrons. The number of aliphatic imine (C=N–C) groups is 1. The molecular formula is C17H28F3IN4O. The smallest absolute Gasteiger partial charge is 0.383 e. The molecule has 0 spiro atoms. The lowest BCUT2D eigenvalue weighted by atomic mass is 10.1. The number of hydrogen-bond acceptors (Lipinski definition) is 3. The maximum Gasteiger partial charge on any atom is 0.416 e. The van der Waals surface area contributed by atoms with Crippen molar-refractivity contribution in [3.8, 4) is 0 Å². The van der Waals surface area contributed by atoms with Crippen molar-refractivity contribution in [2.24, 2.45) is 4.99 Å². The number of nitrogens with one attached hydrogen (secondary N) is 2. The number of alkyl halides is 3. The molecule has 0 heterocycles. The molecule has 0 aliphatic rings. The Morgan fingerprint density at radius 2 is 1.81 bits per heavy atom. The molecule has 0 unspecified atom stereocenters. The molecular weight excluding hydrogens is 460 g/mol. The molecule has 1 aromatic carbocycles. The Labute approximate surface area is 170 Å². The topological polar surface area (TPSA) is 48.9 Å². The standard InChI is InChI=1S/C17H27F3N4O.HI/c1-4-21-16(22-9-10-24(2)11-12-25-3)23-13-14-5-7-15(8-6-14)17(18,19)20;/h5-8H,4,9-13H2,1-3H3,(H2,21,22,23);1H. The van der Waals surface area contributed by atoms with Gasteiger partial charge < -0.3 is 20.3 Å². The SMILES string of the molecule is CCNC(=NCc1ccc(C(F)(F)F)cc1)NCCN(C)CCOC.I. The zero-order valence-electron chi connectivity index (χ0n) is 15.4. The Kier molecular flexibility index (Phi) is 12.6. The molecule has 26 heavy (non-hydrogen) atoms. The molecule has 2 N–H and O–H groups in total. The van der Waals surface area contributed by atoms with Gasteiger partial charge in [-0.1, -0.05) is 12.1 Å². The van der Waals surface area contributed by atoms with Crippen molar-refractivity contribution in [2.75, 3.05) is 46.9 Å². The predicted octanol–water partition coefficient (Wildman–Crippen LogP) is 2.96. The van der Waals surface area contributed by atoms with Crippen LogP contribution in [-0.4, -0.2) is 57.8 Å². The summed E-state index contributed by atoms with van der Waals surface area (Å²) in [4.78, 5) is 6.54. The van der Waals surface area contributed by atoms with Crippen molar-refractivity contribution >= 4 is 29.9 Å². The van der Waals surface area contributed by atoms with Crippen LogP contribution in [0.2, 0.25) is 0 Å². The van der Waals surface area contributed by atoms with Gasteiger partial charge in [0.15, 0.2) is 5.96 Å². The molecule has 9 heteroatoms. The van der Waals surface area contributed by atoms with E-state index in [1.807, 2.05) is 14.0 Å². The number of methoxy groups -OCH3 is 1. The van der Waals surface area contributed by atoms with Gasteiger partial charge in [-0.25, -0.2) is 4.99 Å². The molecule has 0 aliphatic carbocycles. The minimum atomic E-state index is -4.31. The van der Waals surface area contributed by atoms with Crippen LogP contribution in [0.1, 0.15) is 18.1 Å². The van der Waals surface area contributed by atoms with Gasteiger partial charge in [-0.2, -0.15) is 13.2 Å². The number of benzene rings is 1. The molecule has 0 bridgehead atoms. The summed E-state index contributed by atoms with van der Waals surface area (Å²) in [5, 5.41) is 6.33. The first kappa shape index (κ1) is 24.9. The summed E-state index contributed by atoms with van der Waals surface area (Å²) in [6.07, 6.45) is -4.31. The van der Waals surface area contributed by atoms with Crippen molar-refractivity contribution < 1.29 is 17.9 Å². The van der Waals surface area contributed by atoms with E-state index in [0.717, 1.165) is 30.8 Å². The average molecular weight is 488 g/mol. The van der Waals surface area contributed by atoms with E-state index in [-0.39, 0.29) is 24.0 Å². The Hall–Kier alpha value is -1.07. The highest BCUT2D eigenvalue weighted by molar-refractivity contribution is 14.0. The van der Waals surface area contributed by atoms with E-state index in [1.54, 1.807) is 7.11 Å². The molecule has 0 aliphatic heterocycles. The van der Waals surface area contributed by atoms with Crippen molar-refractivity contribution in [3.05, 3.63) is 35.4 Å². The zero-order chi connectivity index (χ0) is 18.7. The summed E-state index contributed by atoms with van der Waals surface area (Å²) in [6, 6.07) is 5.06. The van der Waals surface area contributed by atoms with Gasteiger partial charge in [0.25, 0.3) is 0 Å². The Morgan fingerprint density at radius 3 is 2.35 bits per heavy atom. The number of hydrogen-bond donors (Lipinski definition) is 2. The van der Waals surface area contributed by atoms with Gasteiger partial charge in [-0.3, -0.25) is 0 Å². The summed E-state index contributed by atoms with van der Waals surface area (Å²) in [6.45, 7) is 6.04. The number of ether oxygens (including phenoxy) is 1. The summed E-state index contributed by atoms with van der Waals surface area (Å²) in [5.74, 6) is 0.641. The second-order valence-electron chi connectivity index (χ2n) is 5.61. The van der Waals surface area contributed by atoms with Crippen molar-refractivity contribution in [2.45, 2.75) is 19.6 Å². The van der Waals surface area contributed by atoms with E-state index in [1.165, 1.54) is 12.1 Å². The summed E-state index contributed by atoms with van der Waals surface area (Å²) in [7, 11) is 3.68. The normalized spacial score (nSPS) is 12.0. The van der Waals surface area contributed by atoms with E-state index in [4.69, 9.17) is 4.74 Å². The highest BCUT2D eigenvalue weighted by Gasteiger charge is 2.29. The summed E-state index contributed by atoms with van der Waals surface area (Å²) >= 11 is 0. The number of rotatable bonds is 9. The number of guanidine groups is 1. The Morgan fingerprint density at radius 1 is 1.15 bits per heavy atom. The molecule has 0 amide bonds. The van der Waals surface area contributed by atoms with Crippen LogP contribution in [0.4, 0.5) is 13.2 Å². The predicted molar refractivity (Wildman–Crippen MR) is 109 cm³/mol. The van der Waals surface area contributed by atoms with Crippen LogP contribution in [-0.2, 0) is 17.5 Å². The van der Waals surface area contributed by atoms with Crippen molar-refractivity contribution in [1.29, 1.82) is 0 Å². The average Bonchev–Trinajstić information content (AvgIpc) is 2.57. The van der Waals surface area contributed by atoms with Crippen LogP contribution >= 0.6 is 24.0 Å². The first-order valence-electron chi connectivity index (χ1n) is 8.22. The Bertz CT molecular complexity index is 524. The molecule has 1 aromatic rings. The van der Waals surface area contributed by atoms with Crippen LogP contribution in [0.15, 0.2) is 29.3 Å². The molecule has 1 rings (SSSR count). The lowest BCUT2D eigenvalue weighted by Crippen LogP contribution is -2.41. The monoisotopic (exact) mass is 488 g/mol. The summed E-state index contributed by atoms with van der Waals surface area (Å²) < 4.78 is 42.7. The van der Waals surface area contributed by atoms with Crippen LogP contribution in [0.3, 0.4) is 0 Å². The highest BCUT2D eigenvalue weighted by Crippen LogP contribution is 2.29. The van der Waals surface area contributed by atoms with E-state index in [2.05, 4.69) is 20.5 Å². The minimum absolute atomic E-state index is 0. The van der Waals surface area contributed by atoms with Gasteiger partial charge in [-0.15, -0.1) is 24.0 Å². The molecule has 150 valence electrons. The maximum absolute atomic E-state index is 12.6. The van der Waals surface area contributed by atoms with Gasteiger partial charge in [0.1, 0.15) is 0 Å². The largest absolute Gasteiger partial charge is 0.416 e. The molecule has 0 aromatic heterocycles. The van der Waals surface area contributed by atoms with E-state index in [0.29, 0.717) is 32.2 Å². The third kappa shape index (κ3) is 10.2. The quantitative estimate of drug-likeness (QED) is 0.319. The molecule has 0 saturated carbocycles. The molecule has 0 atom stereocenters. The molecule has 0 saturated heterocycles. The third-order valence-corrected chi connectivity index (χ3v) is 3.51. The number of likely N-dealkylation sites (N-methyl/N-ethyl adjacent to an activating group) is 1. The van der Waals surface area contributed by atoms with Crippen LogP contribution in [0.25, 0.3) is 0 Å². The fourth-order valence-electron chi connectivity index (χ4n) is 2.04. The minimum Gasteiger partial charge on any atom is -0.383 e. The fourth-order valence-corrected chi connectivity index (χ4v) is 2.04. The van der Waals surface area contributed by atoms with Crippen LogP contribution in [0, 0.1) is 0 Å². The van der Waals surface area contributed by atoms with E-state index in [9.17, 15) is 13.2 Å². The van der Waals surface area contributed by atoms with Gasteiger partial charge >= 0.3 is 6.18 Å². The highest BCUT2D eigenvalue weighted by atomic mass is 127. The first-order valence-corrected chi connectivity index (χ1v) is 8.22. The number of halogens is 4. The van der Waals surface area contributed by atoms with Crippen LogP contribution < -0.4 is 10.6 Å². The second-order valence-corrected chi connectivity index (χ2v) is 5.61. The second kappa shape index (κ2) is 13.2. The maximum atomic E-state index is 12.6. The number of nitrogens with zero attached hydrogens (tertiary/aromatic N) is 2. The first-order chi connectivity index (χ1) is 11.9. The van der Waals surface area contributed by atoms with E-state index >= 15 is 0 Å². The molecule has 5 nitrogen and oxygen atoms in total. The zero-order valence-corrected chi connectivity index (χ0v) is 17.7. The van der Waals surface area contributed by atoms with E-state index < -0.39 is 11.7 Å². The summed E-state index contributed by atoms with van der Waals surface area (Å²) in [5.41, 5.74) is 0.0757. The van der Waals surface area contributed by atoms with Gasteiger partial charge in [0, 0.05) is 33.3 Å². The van der Waals surface area contributed by atoms with Crippen molar-refractivity contribution in [3.63, 3.8) is 0 Å². The van der Waals surface area contributed by atoms with Gasteiger partial charge in [-0.05, 0) is 31.7 Å².